The van der Waals surface area contributed by atoms with Crippen molar-refractivity contribution in [1.29, 1.82) is 0 Å². The van der Waals surface area contributed by atoms with Crippen molar-refractivity contribution < 1.29 is 14.0 Å². The molecule has 0 saturated heterocycles. The van der Waals surface area contributed by atoms with Crippen LogP contribution in [0.3, 0.4) is 0 Å². The summed E-state index contributed by atoms with van der Waals surface area (Å²) in [6.45, 7) is 8.20. The van der Waals surface area contributed by atoms with Gasteiger partial charge in [0.1, 0.15) is 11.8 Å². The van der Waals surface area contributed by atoms with Crippen LogP contribution in [0.15, 0.2) is 33.5 Å². The predicted molar refractivity (Wildman–Crippen MR) is 111 cm³/mol. The highest BCUT2D eigenvalue weighted by Crippen LogP contribution is 2.24. The standard InChI is InChI=1S/C19H23BrN6O3/c1-5-25-10-15(17(24-25)19(28)21-9-14-7-6-8-29-14)22-18(27)13(4)26-12(3)16(20)11(2)23-26/h6-8,10,13H,5,9H2,1-4H3,(H,21,28)(H,22,27). The average Bonchev–Trinajstić information content (AvgIpc) is 3.42. The predicted octanol–water partition coefficient (Wildman–Crippen LogP) is 3.20. The van der Waals surface area contributed by atoms with E-state index in [1.54, 1.807) is 34.6 Å². The van der Waals surface area contributed by atoms with E-state index in [2.05, 4.69) is 36.8 Å². The molecule has 3 heterocycles. The highest BCUT2D eigenvalue weighted by molar-refractivity contribution is 9.10. The van der Waals surface area contributed by atoms with Crippen molar-refractivity contribution >= 4 is 33.4 Å². The normalized spacial score (nSPS) is 12.0. The maximum atomic E-state index is 12.8. The van der Waals surface area contributed by atoms with E-state index in [9.17, 15) is 9.59 Å². The number of carbonyl (C=O) groups is 2. The molecule has 0 aliphatic carbocycles. The monoisotopic (exact) mass is 462 g/mol. The molecule has 3 aromatic heterocycles. The van der Waals surface area contributed by atoms with Crippen LogP contribution in [0.4, 0.5) is 5.69 Å². The molecule has 0 saturated carbocycles. The molecular weight excluding hydrogens is 440 g/mol. The van der Waals surface area contributed by atoms with Gasteiger partial charge in [-0.2, -0.15) is 10.2 Å². The van der Waals surface area contributed by atoms with Crippen LogP contribution >= 0.6 is 15.9 Å². The van der Waals surface area contributed by atoms with Crippen molar-refractivity contribution in [2.45, 2.75) is 46.8 Å². The van der Waals surface area contributed by atoms with Gasteiger partial charge in [0, 0.05) is 12.7 Å². The maximum Gasteiger partial charge on any atom is 0.274 e. The molecule has 9 nitrogen and oxygen atoms in total. The fraction of sp³-hybridized carbons (Fsp3) is 0.368. The van der Waals surface area contributed by atoms with Gasteiger partial charge in [0.25, 0.3) is 5.91 Å². The van der Waals surface area contributed by atoms with E-state index in [0.29, 0.717) is 18.0 Å². The van der Waals surface area contributed by atoms with Gasteiger partial charge >= 0.3 is 0 Å². The fourth-order valence-electron chi connectivity index (χ4n) is 2.88. The Balaban J connectivity index is 1.77. The van der Waals surface area contributed by atoms with E-state index in [1.807, 2.05) is 20.8 Å². The first-order valence-corrected chi connectivity index (χ1v) is 10.0. The SMILES string of the molecule is CCn1cc(NC(=O)C(C)n2nc(C)c(Br)c2C)c(C(=O)NCc2ccco2)n1. The van der Waals surface area contributed by atoms with E-state index in [0.717, 1.165) is 15.9 Å². The van der Waals surface area contributed by atoms with Gasteiger partial charge in [-0.25, -0.2) is 0 Å². The molecular formula is C19H23BrN6O3. The number of carbonyl (C=O) groups excluding carboxylic acids is 2. The second-order valence-corrected chi connectivity index (χ2v) is 7.40. The Labute approximate surface area is 176 Å². The van der Waals surface area contributed by atoms with Crippen molar-refractivity contribution in [3.8, 4) is 0 Å². The summed E-state index contributed by atoms with van der Waals surface area (Å²) in [5, 5.41) is 14.2. The zero-order valence-electron chi connectivity index (χ0n) is 16.7. The molecule has 3 rings (SSSR count). The van der Waals surface area contributed by atoms with Crippen LogP contribution in [0.1, 0.15) is 47.5 Å². The Hall–Kier alpha value is -2.88. The Kier molecular flexibility index (Phi) is 6.21. The molecule has 2 amide bonds. The lowest BCUT2D eigenvalue weighted by Gasteiger charge is -2.14. The summed E-state index contributed by atoms with van der Waals surface area (Å²) in [6.07, 6.45) is 3.18. The lowest BCUT2D eigenvalue weighted by molar-refractivity contribution is -0.119. The van der Waals surface area contributed by atoms with Gasteiger partial charge in [0.05, 0.1) is 34.4 Å². The number of hydrogen-bond donors (Lipinski definition) is 2. The molecule has 10 heteroatoms. The molecule has 3 aromatic rings. The molecule has 0 spiro atoms. The molecule has 0 bridgehead atoms. The summed E-state index contributed by atoms with van der Waals surface area (Å²) < 4.78 is 9.34. The zero-order chi connectivity index (χ0) is 21.1. The Morgan fingerprint density at radius 2 is 2.07 bits per heavy atom. The fourth-order valence-corrected chi connectivity index (χ4v) is 3.14. The Bertz CT molecular complexity index is 1020. The minimum Gasteiger partial charge on any atom is -0.467 e. The van der Waals surface area contributed by atoms with Crippen LogP contribution in [-0.2, 0) is 17.9 Å². The van der Waals surface area contributed by atoms with Crippen LogP contribution in [0.2, 0.25) is 0 Å². The topological polar surface area (TPSA) is 107 Å². The Morgan fingerprint density at radius 3 is 2.66 bits per heavy atom. The lowest BCUT2D eigenvalue weighted by Crippen LogP contribution is -2.28. The summed E-state index contributed by atoms with van der Waals surface area (Å²) in [7, 11) is 0. The van der Waals surface area contributed by atoms with Gasteiger partial charge in [-0.3, -0.25) is 19.0 Å². The zero-order valence-corrected chi connectivity index (χ0v) is 18.3. The molecule has 0 aromatic carbocycles. The number of nitrogens with zero attached hydrogens (tertiary/aromatic N) is 4. The number of amides is 2. The third-order valence-electron chi connectivity index (χ3n) is 4.54. The molecule has 0 fully saturated rings. The van der Waals surface area contributed by atoms with Gasteiger partial charge in [-0.05, 0) is 55.8 Å². The molecule has 0 radical (unpaired) electrons. The number of anilines is 1. The van der Waals surface area contributed by atoms with Gasteiger partial charge in [0.15, 0.2) is 5.69 Å². The van der Waals surface area contributed by atoms with Crippen molar-refractivity contribution in [3.63, 3.8) is 0 Å². The first kappa shape index (κ1) is 20.8. The third kappa shape index (κ3) is 4.42. The summed E-state index contributed by atoms with van der Waals surface area (Å²) in [5.41, 5.74) is 2.15. The number of rotatable bonds is 7. The number of furan rings is 1. The molecule has 0 aliphatic rings. The molecule has 2 N–H and O–H groups in total. The molecule has 1 unspecified atom stereocenters. The van der Waals surface area contributed by atoms with Gasteiger partial charge < -0.3 is 15.1 Å². The summed E-state index contributed by atoms with van der Waals surface area (Å²) in [5.74, 6) is -0.0631. The first-order chi connectivity index (χ1) is 13.8. The van der Waals surface area contributed by atoms with E-state index in [1.165, 1.54) is 6.26 Å². The minimum atomic E-state index is -0.566. The van der Waals surface area contributed by atoms with E-state index in [-0.39, 0.29) is 18.1 Å². The molecule has 154 valence electrons. The second-order valence-electron chi connectivity index (χ2n) is 6.60. The van der Waals surface area contributed by atoms with E-state index < -0.39 is 11.9 Å². The lowest BCUT2D eigenvalue weighted by atomic mass is 10.2. The quantitative estimate of drug-likeness (QED) is 0.560. The van der Waals surface area contributed by atoms with Crippen LogP contribution in [-0.4, -0.2) is 31.4 Å². The number of halogens is 1. The van der Waals surface area contributed by atoms with Crippen LogP contribution < -0.4 is 10.6 Å². The number of hydrogen-bond acceptors (Lipinski definition) is 5. The minimum absolute atomic E-state index is 0.147. The van der Waals surface area contributed by atoms with Crippen molar-refractivity contribution in [2.75, 3.05) is 5.32 Å². The van der Waals surface area contributed by atoms with E-state index >= 15 is 0 Å². The van der Waals surface area contributed by atoms with Crippen molar-refractivity contribution in [3.05, 3.63) is 51.9 Å². The number of nitrogens with one attached hydrogen (secondary N) is 2. The second kappa shape index (κ2) is 8.64. The third-order valence-corrected chi connectivity index (χ3v) is 5.69. The largest absolute Gasteiger partial charge is 0.467 e. The van der Waals surface area contributed by atoms with E-state index in [4.69, 9.17) is 4.42 Å². The number of aryl methyl sites for hydroxylation is 2. The summed E-state index contributed by atoms with van der Waals surface area (Å²) >= 11 is 3.47. The molecule has 1 atom stereocenters. The highest BCUT2D eigenvalue weighted by atomic mass is 79.9. The van der Waals surface area contributed by atoms with Gasteiger partial charge in [-0.1, -0.05) is 0 Å². The smallest absolute Gasteiger partial charge is 0.274 e. The van der Waals surface area contributed by atoms with Crippen LogP contribution in [0, 0.1) is 13.8 Å². The van der Waals surface area contributed by atoms with Crippen LogP contribution in [0.5, 0.6) is 0 Å². The van der Waals surface area contributed by atoms with Crippen molar-refractivity contribution in [1.82, 2.24) is 24.9 Å². The first-order valence-electron chi connectivity index (χ1n) is 9.21. The number of aromatic nitrogens is 4. The summed E-state index contributed by atoms with van der Waals surface area (Å²) in [6, 6.07) is 2.95. The van der Waals surface area contributed by atoms with Crippen LogP contribution in [0.25, 0.3) is 0 Å². The van der Waals surface area contributed by atoms with Gasteiger partial charge in [-0.15, -0.1) is 0 Å². The molecule has 29 heavy (non-hydrogen) atoms. The van der Waals surface area contributed by atoms with Crippen molar-refractivity contribution in [2.24, 2.45) is 0 Å². The highest BCUT2D eigenvalue weighted by Gasteiger charge is 2.24. The Morgan fingerprint density at radius 1 is 1.31 bits per heavy atom. The molecule has 0 aliphatic heterocycles. The van der Waals surface area contributed by atoms with Gasteiger partial charge in [0.2, 0.25) is 5.91 Å². The maximum absolute atomic E-state index is 12.8. The average molecular weight is 463 g/mol. The summed E-state index contributed by atoms with van der Waals surface area (Å²) in [4.78, 5) is 25.4.